The molecule has 0 aromatic carbocycles. The molecule has 0 fully saturated rings. The molecule has 0 saturated carbocycles. The zero-order chi connectivity index (χ0) is 11.3. The van der Waals surface area contributed by atoms with E-state index in [9.17, 15) is 0 Å². The third-order valence-corrected chi connectivity index (χ3v) is 2.25. The van der Waals surface area contributed by atoms with Crippen LogP contribution in [0.2, 0.25) is 0 Å². The first-order valence-corrected chi connectivity index (χ1v) is 5.43. The topological polar surface area (TPSA) is 63.8 Å². The molecule has 1 unspecified atom stereocenters. The highest BCUT2D eigenvalue weighted by Crippen LogP contribution is 2.11. The Morgan fingerprint density at radius 2 is 2.07 bits per heavy atom. The first-order chi connectivity index (χ1) is 7.08. The lowest BCUT2D eigenvalue weighted by Gasteiger charge is -2.15. The van der Waals surface area contributed by atoms with Crippen LogP contribution in [-0.4, -0.2) is 16.0 Å². The Balaban J connectivity index is 2.40. The molecule has 0 aliphatic rings. The molecule has 1 aromatic heterocycles. The molecule has 1 rings (SSSR count). The minimum Gasteiger partial charge on any atom is -0.368 e. The van der Waals surface area contributed by atoms with Crippen LogP contribution in [0.15, 0.2) is 12.3 Å². The first-order valence-electron chi connectivity index (χ1n) is 5.43. The van der Waals surface area contributed by atoms with Crippen molar-refractivity contribution >= 4 is 11.8 Å². The molecule has 0 bridgehead atoms. The third-order valence-electron chi connectivity index (χ3n) is 2.25. The van der Waals surface area contributed by atoms with Crippen LogP contribution in [0.4, 0.5) is 11.8 Å². The van der Waals surface area contributed by atoms with Gasteiger partial charge in [-0.2, -0.15) is 4.98 Å². The normalized spacial score (nSPS) is 12.8. The molecule has 15 heavy (non-hydrogen) atoms. The zero-order valence-electron chi connectivity index (χ0n) is 9.70. The predicted octanol–water partition coefficient (Wildman–Crippen LogP) is 2.30. The molecule has 4 nitrogen and oxygen atoms in total. The number of nitrogens with one attached hydrogen (secondary N) is 1. The summed E-state index contributed by atoms with van der Waals surface area (Å²) in [6, 6.07) is 2.25. The molecule has 4 heteroatoms. The van der Waals surface area contributed by atoms with E-state index in [0.717, 1.165) is 18.2 Å². The zero-order valence-corrected chi connectivity index (χ0v) is 9.70. The summed E-state index contributed by atoms with van der Waals surface area (Å²) < 4.78 is 0. The summed E-state index contributed by atoms with van der Waals surface area (Å²) in [6.45, 7) is 6.62. The van der Waals surface area contributed by atoms with Crippen molar-refractivity contribution in [1.82, 2.24) is 9.97 Å². The highest BCUT2D eigenvalue weighted by molar-refractivity contribution is 5.37. The Labute approximate surface area is 91.3 Å². The van der Waals surface area contributed by atoms with Gasteiger partial charge in [0, 0.05) is 12.2 Å². The van der Waals surface area contributed by atoms with E-state index < -0.39 is 0 Å². The maximum Gasteiger partial charge on any atom is 0.221 e. The van der Waals surface area contributed by atoms with Gasteiger partial charge in [0.25, 0.3) is 0 Å². The molecule has 1 atom stereocenters. The van der Waals surface area contributed by atoms with Crippen molar-refractivity contribution in [3.05, 3.63) is 12.3 Å². The standard InChI is InChI=1S/C11H20N4/c1-8(2)4-5-9(3)14-10-6-7-13-11(12)15-10/h6-9H,4-5H2,1-3H3,(H3,12,13,14,15). The van der Waals surface area contributed by atoms with E-state index in [0.29, 0.717) is 12.0 Å². The Bertz CT molecular complexity index is 298. The second-order valence-corrected chi connectivity index (χ2v) is 4.32. The third kappa shape index (κ3) is 4.63. The van der Waals surface area contributed by atoms with Crippen molar-refractivity contribution in [3.8, 4) is 0 Å². The Hall–Kier alpha value is -1.32. The predicted molar refractivity (Wildman–Crippen MR) is 63.6 cm³/mol. The van der Waals surface area contributed by atoms with Gasteiger partial charge in [0.1, 0.15) is 5.82 Å². The van der Waals surface area contributed by atoms with Crippen LogP contribution < -0.4 is 11.1 Å². The molecule has 1 heterocycles. The maximum absolute atomic E-state index is 5.49. The lowest BCUT2D eigenvalue weighted by molar-refractivity contribution is 0.527. The van der Waals surface area contributed by atoms with Crippen molar-refractivity contribution in [3.63, 3.8) is 0 Å². The SMILES string of the molecule is CC(C)CCC(C)Nc1ccnc(N)n1. The van der Waals surface area contributed by atoms with Gasteiger partial charge in [0.2, 0.25) is 5.95 Å². The molecule has 0 saturated heterocycles. The number of hydrogen-bond acceptors (Lipinski definition) is 4. The second kappa shape index (κ2) is 5.53. The van der Waals surface area contributed by atoms with Crippen LogP contribution >= 0.6 is 0 Å². The lowest BCUT2D eigenvalue weighted by Crippen LogP contribution is -2.17. The van der Waals surface area contributed by atoms with E-state index in [1.165, 1.54) is 6.42 Å². The maximum atomic E-state index is 5.49. The summed E-state index contributed by atoms with van der Waals surface area (Å²) in [6.07, 6.45) is 4.02. The number of nitrogens with two attached hydrogens (primary N) is 1. The van der Waals surface area contributed by atoms with Crippen molar-refractivity contribution in [2.45, 2.75) is 39.7 Å². The van der Waals surface area contributed by atoms with Crippen LogP contribution in [0.3, 0.4) is 0 Å². The van der Waals surface area contributed by atoms with Crippen LogP contribution in [0, 0.1) is 5.92 Å². The van der Waals surface area contributed by atoms with Gasteiger partial charge < -0.3 is 11.1 Å². The largest absolute Gasteiger partial charge is 0.368 e. The van der Waals surface area contributed by atoms with Crippen molar-refractivity contribution in [2.24, 2.45) is 5.92 Å². The highest BCUT2D eigenvalue weighted by Gasteiger charge is 2.04. The number of aromatic nitrogens is 2. The first kappa shape index (κ1) is 11.8. The van der Waals surface area contributed by atoms with Gasteiger partial charge in [0.05, 0.1) is 0 Å². The minimum absolute atomic E-state index is 0.316. The summed E-state index contributed by atoms with van der Waals surface area (Å²) >= 11 is 0. The number of hydrogen-bond donors (Lipinski definition) is 2. The Morgan fingerprint density at radius 3 is 2.67 bits per heavy atom. The Kier molecular flexibility index (Phi) is 4.34. The number of nitrogens with zero attached hydrogens (tertiary/aromatic N) is 2. The fourth-order valence-corrected chi connectivity index (χ4v) is 1.36. The van der Waals surface area contributed by atoms with Crippen LogP contribution in [0.25, 0.3) is 0 Å². The molecule has 0 aliphatic heterocycles. The van der Waals surface area contributed by atoms with E-state index in [4.69, 9.17) is 5.73 Å². The van der Waals surface area contributed by atoms with Crippen LogP contribution in [-0.2, 0) is 0 Å². The number of nitrogen functional groups attached to an aromatic ring is 1. The van der Waals surface area contributed by atoms with E-state index in [2.05, 4.69) is 36.1 Å². The summed E-state index contributed by atoms with van der Waals surface area (Å²) in [4.78, 5) is 7.94. The Morgan fingerprint density at radius 1 is 1.33 bits per heavy atom. The minimum atomic E-state index is 0.316. The smallest absolute Gasteiger partial charge is 0.221 e. The molecule has 3 N–H and O–H groups in total. The van der Waals surface area contributed by atoms with Crippen molar-refractivity contribution in [2.75, 3.05) is 11.1 Å². The molecular formula is C11H20N4. The summed E-state index contributed by atoms with van der Waals surface area (Å²) in [5.74, 6) is 1.86. The average molecular weight is 208 g/mol. The molecule has 1 aromatic rings. The van der Waals surface area contributed by atoms with Gasteiger partial charge in [-0.25, -0.2) is 4.98 Å². The summed E-state index contributed by atoms with van der Waals surface area (Å²) in [5, 5.41) is 3.31. The van der Waals surface area contributed by atoms with Gasteiger partial charge in [-0.05, 0) is 31.7 Å². The molecule has 0 amide bonds. The average Bonchev–Trinajstić information content (AvgIpc) is 2.15. The van der Waals surface area contributed by atoms with Crippen LogP contribution in [0.5, 0.6) is 0 Å². The van der Waals surface area contributed by atoms with E-state index in [1.54, 1.807) is 6.20 Å². The van der Waals surface area contributed by atoms with Gasteiger partial charge >= 0.3 is 0 Å². The number of anilines is 2. The molecule has 0 spiro atoms. The van der Waals surface area contributed by atoms with Crippen molar-refractivity contribution < 1.29 is 0 Å². The monoisotopic (exact) mass is 208 g/mol. The van der Waals surface area contributed by atoms with Gasteiger partial charge in [-0.1, -0.05) is 13.8 Å². The van der Waals surface area contributed by atoms with E-state index in [1.807, 2.05) is 6.07 Å². The van der Waals surface area contributed by atoms with E-state index >= 15 is 0 Å². The highest BCUT2D eigenvalue weighted by atomic mass is 15.1. The fourth-order valence-electron chi connectivity index (χ4n) is 1.36. The number of rotatable bonds is 5. The van der Waals surface area contributed by atoms with Gasteiger partial charge in [0.15, 0.2) is 0 Å². The molecule has 84 valence electrons. The van der Waals surface area contributed by atoms with Crippen molar-refractivity contribution in [1.29, 1.82) is 0 Å². The summed E-state index contributed by atoms with van der Waals surface area (Å²) in [7, 11) is 0. The van der Waals surface area contributed by atoms with Gasteiger partial charge in [-0.3, -0.25) is 0 Å². The molecule has 0 aliphatic carbocycles. The molecular weight excluding hydrogens is 188 g/mol. The van der Waals surface area contributed by atoms with Gasteiger partial charge in [-0.15, -0.1) is 0 Å². The second-order valence-electron chi connectivity index (χ2n) is 4.32. The molecule has 0 radical (unpaired) electrons. The summed E-state index contributed by atoms with van der Waals surface area (Å²) in [5.41, 5.74) is 5.49. The van der Waals surface area contributed by atoms with Crippen LogP contribution in [0.1, 0.15) is 33.6 Å². The van der Waals surface area contributed by atoms with E-state index in [-0.39, 0.29) is 0 Å². The quantitative estimate of drug-likeness (QED) is 0.779. The lowest BCUT2D eigenvalue weighted by atomic mass is 10.0. The fraction of sp³-hybridized carbons (Fsp3) is 0.636.